The number of hydrogen-bond donors (Lipinski definition) is 1. The second-order valence-corrected chi connectivity index (χ2v) is 8.39. The van der Waals surface area contributed by atoms with E-state index in [2.05, 4.69) is 67.4 Å². The molecule has 2 aliphatic heterocycles. The highest BCUT2D eigenvalue weighted by molar-refractivity contribution is 5.85. The minimum absolute atomic E-state index is 0.00521. The zero-order chi connectivity index (χ0) is 21.0. The average molecular weight is 420 g/mol. The van der Waals surface area contributed by atoms with Gasteiger partial charge in [-0.25, -0.2) is 0 Å². The van der Waals surface area contributed by atoms with E-state index >= 15 is 0 Å². The minimum atomic E-state index is -0.279. The van der Waals surface area contributed by atoms with Gasteiger partial charge in [0.05, 0.1) is 0 Å². The van der Waals surface area contributed by atoms with Crippen LogP contribution in [0.2, 0.25) is 0 Å². The molecule has 5 rings (SSSR count). The van der Waals surface area contributed by atoms with Gasteiger partial charge in [0.1, 0.15) is 17.8 Å². The van der Waals surface area contributed by atoms with Gasteiger partial charge in [0.2, 0.25) is 5.91 Å². The van der Waals surface area contributed by atoms with Gasteiger partial charge >= 0.3 is 0 Å². The average Bonchev–Trinajstić information content (AvgIpc) is 3.42. The van der Waals surface area contributed by atoms with Crippen molar-refractivity contribution in [3.8, 4) is 0 Å². The number of benzene rings is 2. The second kappa shape index (κ2) is 9.16. The SMILES string of the molecule is O=C(NCCc1nnc2n1CCN(Cc1cccc3ccccc13)CC2)C1CCCO1. The second-order valence-electron chi connectivity index (χ2n) is 8.39. The monoisotopic (exact) mass is 419 g/mol. The van der Waals surface area contributed by atoms with E-state index in [-0.39, 0.29) is 12.0 Å². The molecule has 1 N–H and O–H groups in total. The van der Waals surface area contributed by atoms with Crippen LogP contribution >= 0.6 is 0 Å². The predicted octanol–water partition coefficient (Wildman–Crippen LogP) is 2.33. The zero-order valence-electron chi connectivity index (χ0n) is 17.8. The molecule has 7 heteroatoms. The lowest BCUT2D eigenvalue weighted by Gasteiger charge is -2.20. The van der Waals surface area contributed by atoms with E-state index in [0.29, 0.717) is 19.6 Å². The molecule has 3 aromatic rings. The third-order valence-corrected chi connectivity index (χ3v) is 6.34. The topological polar surface area (TPSA) is 72.3 Å². The van der Waals surface area contributed by atoms with Gasteiger partial charge in [0.15, 0.2) is 0 Å². The van der Waals surface area contributed by atoms with Crippen LogP contribution in [-0.2, 0) is 35.5 Å². The maximum atomic E-state index is 12.1. The summed E-state index contributed by atoms with van der Waals surface area (Å²) in [7, 11) is 0. The predicted molar refractivity (Wildman–Crippen MR) is 119 cm³/mol. The number of aromatic nitrogens is 3. The number of hydrogen-bond acceptors (Lipinski definition) is 5. The number of fused-ring (bicyclic) bond motifs is 2. The molecule has 0 radical (unpaired) electrons. The first-order valence-electron chi connectivity index (χ1n) is 11.3. The van der Waals surface area contributed by atoms with Gasteiger partial charge in [0, 0.05) is 52.2 Å². The van der Waals surface area contributed by atoms with Crippen LogP contribution in [-0.4, -0.2) is 57.9 Å². The molecule has 0 bridgehead atoms. The van der Waals surface area contributed by atoms with Crippen molar-refractivity contribution >= 4 is 16.7 Å². The molecule has 2 aromatic carbocycles. The van der Waals surface area contributed by atoms with Crippen LogP contribution in [0.25, 0.3) is 10.8 Å². The van der Waals surface area contributed by atoms with E-state index in [1.54, 1.807) is 0 Å². The summed E-state index contributed by atoms with van der Waals surface area (Å²) in [6.45, 7) is 5.00. The Morgan fingerprint density at radius 1 is 1.10 bits per heavy atom. The lowest BCUT2D eigenvalue weighted by Crippen LogP contribution is -2.35. The molecular weight excluding hydrogens is 390 g/mol. The molecule has 1 aromatic heterocycles. The van der Waals surface area contributed by atoms with Crippen LogP contribution in [0.5, 0.6) is 0 Å². The summed E-state index contributed by atoms with van der Waals surface area (Å²) in [5.74, 6) is 1.99. The normalized spacial score (nSPS) is 19.3. The minimum Gasteiger partial charge on any atom is -0.368 e. The summed E-state index contributed by atoms with van der Waals surface area (Å²) in [4.78, 5) is 14.6. The Balaban J connectivity index is 1.19. The Bertz CT molecular complexity index is 1050. The van der Waals surface area contributed by atoms with E-state index in [4.69, 9.17) is 4.74 Å². The van der Waals surface area contributed by atoms with E-state index in [1.165, 1.54) is 16.3 Å². The third kappa shape index (κ3) is 4.48. The van der Waals surface area contributed by atoms with Crippen LogP contribution < -0.4 is 5.32 Å². The molecule has 3 heterocycles. The highest BCUT2D eigenvalue weighted by Crippen LogP contribution is 2.21. The smallest absolute Gasteiger partial charge is 0.249 e. The Morgan fingerprint density at radius 2 is 2.00 bits per heavy atom. The van der Waals surface area contributed by atoms with Crippen molar-refractivity contribution in [3.63, 3.8) is 0 Å². The molecule has 2 aliphatic rings. The lowest BCUT2D eigenvalue weighted by atomic mass is 10.0. The molecule has 1 atom stereocenters. The van der Waals surface area contributed by atoms with Crippen molar-refractivity contribution in [1.82, 2.24) is 25.0 Å². The number of amides is 1. The third-order valence-electron chi connectivity index (χ3n) is 6.34. The van der Waals surface area contributed by atoms with E-state index in [9.17, 15) is 4.79 Å². The summed E-state index contributed by atoms with van der Waals surface area (Å²) in [5.41, 5.74) is 1.37. The van der Waals surface area contributed by atoms with Crippen molar-refractivity contribution in [1.29, 1.82) is 0 Å². The molecule has 1 unspecified atom stereocenters. The standard InChI is InChI=1S/C24H29N5O2/c30-24(21-9-4-16-31-21)25-12-10-22-26-27-23-11-13-28(14-15-29(22)23)17-19-7-3-6-18-5-1-2-8-20(18)19/h1-3,5-8,21H,4,9-17H2,(H,25,30). The fraction of sp³-hybridized carbons (Fsp3) is 0.458. The molecular formula is C24H29N5O2. The van der Waals surface area contributed by atoms with Crippen molar-refractivity contribution in [2.24, 2.45) is 0 Å². The maximum Gasteiger partial charge on any atom is 0.249 e. The zero-order valence-corrected chi connectivity index (χ0v) is 17.8. The molecule has 1 saturated heterocycles. The summed E-state index contributed by atoms with van der Waals surface area (Å²) < 4.78 is 7.68. The number of nitrogens with zero attached hydrogens (tertiary/aromatic N) is 4. The summed E-state index contributed by atoms with van der Waals surface area (Å²) in [6, 6.07) is 15.1. The van der Waals surface area contributed by atoms with Gasteiger partial charge in [-0.1, -0.05) is 42.5 Å². The molecule has 0 saturated carbocycles. The van der Waals surface area contributed by atoms with Crippen LogP contribution in [0.4, 0.5) is 0 Å². The van der Waals surface area contributed by atoms with Gasteiger partial charge in [0.25, 0.3) is 0 Å². The van der Waals surface area contributed by atoms with Crippen LogP contribution in [0.3, 0.4) is 0 Å². The molecule has 7 nitrogen and oxygen atoms in total. The fourth-order valence-corrected chi connectivity index (χ4v) is 4.64. The molecule has 0 aliphatic carbocycles. The van der Waals surface area contributed by atoms with Crippen LogP contribution in [0.1, 0.15) is 30.1 Å². The Morgan fingerprint density at radius 3 is 2.90 bits per heavy atom. The summed E-state index contributed by atoms with van der Waals surface area (Å²) in [5, 5.41) is 14.4. The quantitative estimate of drug-likeness (QED) is 0.664. The number of nitrogens with one attached hydrogen (secondary N) is 1. The van der Waals surface area contributed by atoms with E-state index in [1.807, 2.05) is 0 Å². The molecule has 1 fully saturated rings. The number of ether oxygens (including phenoxy) is 1. The molecule has 31 heavy (non-hydrogen) atoms. The van der Waals surface area contributed by atoms with Gasteiger partial charge < -0.3 is 14.6 Å². The van der Waals surface area contributed by atoms with Crippen molar-refractivity contribution < 1.29 is 9.53 Å². The number of carbonyl (C=O) groups excluding carboxylic acids is 1. The summed E-state index contributed by atoms with van der Waals surface area (Å²) >= 11 is 0. The number of rotatable bonds is 6. The Hall–Kier alpha value is -2.77. The van der Waals surface area contributed by atoms with Crippen LogP contribution in [0, 0.1) is 0 Å². The number of carbonyl (C=O) groups is 1. The first-order chi connectivity index (χ1) is 15.3. The highest BCUT2D eigenvalue weighted by atomic mass is 16.5. The first-order valence-corrected chi connectivity index (χ1v) is 11.3. The Labute approximate surface area is 182 Å². The lowest BCUT2D eigenvalue weighted by molar-refractivity contribution is -0.130. The molecule has 0 spiro atoms. The largest absolute Gasteiger partial charge is 0.368 e. The molecule has 1 amide bonds. The summed E-state index contributed by atoms with van der Waals surface area (Å²) in [6.07, 6.45) is 3.08. The van der Waals surface area contributed by atoms with Crippen LogP contribution in [0.15, 0.2) is 42.5 Å². The van der Waals surface area contributed by atoms with E-state index < -0.39 is 0 Å². The fourth-order valence-electron chi connectivity index (χ4n) is 4.64. The van der Waals surface area contributed by atoms with Crippen molar-refractivity contribution in [2.75, 3.05) is 26.2 Å². The van der Waals surface area contributed by atoms with Gasteiger partial charge in [-0.15, -0.1) is 10.2 Å². The first kappa shape index (κ1) is 20.2. The van der Waals surface area contributed by atoms with Gasteiger partial charge in [-0.2, -0.15) is 0 Å². The molecule has 162 valence electrons. The Kier molecular flexibility index (Phi) is 5.95. The highest BCUT2D eigenvalue weighted by Gasteiger charge is 2.23. The van der Waals surface area contributed by atoms with Crippen molar-refractivity contribution in [3.05, 3.63) is 59.7 Å². The van der Waals surface area contributed by atoms with Crippen molar-refractivity contribution in [2.45, 2.75) is 44.9 Å². The van der Waals surface area contributed by atoms with Gasteiger partial charge in [-0.3, -0.25) is 9.69 Å². The van der Waals surface area contributed by atoms with Gasteiger partial charge in [-0.05, 0) is 29.2 Å². The van der Waals surface area contributed by atoms with E-state index in [0.717, 1.165) is 57.1 Å². The maximum absolute atomic E-state index is 12.1.